The van der Waals surface area contributed by atoms with Crippen LogP contribution in [0.2, 0.25) is 0 Å². The summed E-state index contributed by atoms with van der Waals surface area (Å²) >= 11 is 1.89. The molecule has 0 fully saturated rings. The SMILES string of the molecule is c1ccc(-c2cccc3c2sc2c(N(c4ccc(-n5c6ccccc6c6ccccc65)cc4)c4cccc(-c5cccc6c7ccccc7n(-c7ccccc7)c56)c4)cccc23)cc1. The molecule has 0 spiro atoms. The van der Waals surface area contributed by atoms with Gasteiger partial charge in [0.25, 0.3) is 0 Å². The van der Waals surface area contributed by atoms with E-state index >= 15 is 0 Å². The summed E-state index contributed by atoms with van der Waals surface area (Å²) in [6.07, 6.45) is 0. The first-order chi connectivity index (χ1) is 31.8. The van der Waals surface area contributed by atoms with Crippen LogP contribution in [0.25, 0.3) is 97.4 Å². The van der Waals surface area contributed by atoms with E-state index in [0.29, 0.717) is 0 Å². The number of aromatic nitrogens is 2. The van der Waals surface area contributed by atoms with Crippen molar-refractivity contribution >= 4 is 92.2 Å². The second-order valence-electron chi connectivity index (χ2n) is 16.5. The van der Waals surface area contributed by atoms with Gasteiger partial charge in [-0.1, -0.05) is 164 Å². The molecule has 3 aromatic heterocycles. The van der Waals surface area contributed by atoms with E-state index in [1.165, 1.54) is 80.5 Å². The van der Waals surface area contributed by atoms with Crippen LogP contribution in [0.15, 0.2) is 237 Å². The molecule has 0 radical (unpaired) electrons. The normalized spacial score (nSPS) is 11.8. The third kappa shape index (κ3) is 5.66. The molecule has 64 heavy (non-hydrogen) atoms. The highest BCUT2D eigenvalue weighted by Gasteiger charge is 2.22. The van der Waals surface area contributed by atoms with E-state index in [1.54, 1.807) is 0 Å². The zero-order valence-corrected chi connectivity index (χ0v) is 35.6. The van der Waals surface area contributed by atoms with Crippen LogP contribution < -0.4 is 4.90 Å². The van der Waals surface area contributed by atoms with Gasteiger partial charge in [-0.3, -0.25) is 0 Å². The molecule has 0 N–H and O–H groups in total. The van der Waals surface area contributed by atoms with Crippen molar-refractivity contribution in [1.82, 2.24) is 9.13 Å². The van der Waals surface area contributed by atoms with Crippen LogP contribution in [-0.2, 0) is 0 Å². The summed E-state index contributed by atoms with van der Waals surface area (Å²) in [6, 6.07) is 86.3. The molecular weight excluding hydrogens is 795 g/mol. The summed E-state index contributed by atoms with van der Waals surface area (Å²) in [4.78, 5) is 2.46. The molecule has 3 heterocycles. The molecule has 0 aliphatic rings. The van der Waals surface area contributed by atoms with E-state index in [0.717, 1.165) is 34.0 Å². The highest BCUT2D eigenvalue weighted by atomic mass is 32.1. The maximum absolute atomic E-state index is 2.46. The van der Waals surface area contributed by atoms with Gasteiger partial charge in [0.1, 0.15) is 0 Å². The summed E-state index contributed by atoms with van der Waals surface area (Å²) < 4.78 is 7.38. The zero-order chi connectivity index (χ0) is 42.1. The van der Waals surface area contributed by atoms with Gasteiger partial charge in [0.2, 0.25) is 0 Å². The molecule has 4 heteroatoms. The number of hydrogen-bond acceptors (Lipinski definition) is 2. The Kier molecular flexibility index (Phi) is 8.40. The Bertz CT molecular complexity index is 3840. The summed E-state index contributed by atoms with van der Waals surface area (Å²) in [5.41, 5.74) is 15.2. The Hall–Kier alpha value is -8.18. The maximum atomic E-state index is 2.46. The van der Waals surface area contributed by atoms with Crippen molar-refractivity contribution in [3.8, 4) is 33.6 Å². The Morgan fingerprint density at radius 2 is 0.812 bits per heavy atom. The molecular formula is C60H39N3S. The van der Waals surface area contributed by atoms with Crippen molar-refractivity contribution in [3.05, 3.63) is 237 Å². The van der Waals surface area contributed by atoms with E-state index in [-0.39, 0.29) is 0 Å². The molecule has 0 saturated heterocycles. The minimum Gasteiger partial charge on any atom is -0.309 e. The molecule has 0 amide bonds. The van der Waals surface area contributed by atoms with E-state index in [2.05, 4.69) is 251 Å². The molecule has 10 aromatic carbocycles. The molecule has 3 nitrogen and oxygen atoms in total. The van der Waals surface area contributed by atoms with Crippen LogP contribution in [0.4, 0.5) is 17.1 Å². The summed E-state index contributed by atoms with van der Waals surface area (Å²) in [7, 11) is 0. The summed E-state index contributed by atoms with van der Waals surface area (Å²) in [5, 5.41) is 7.54. The predicted octanol–water partition coefficient (Wildman–Crippen LogP) is 17.1. The first-order valence-electron chi connectivity index (χ1n) is 21.8. The second kappa shape index (κ2) is 14.7. The number of anilines is 3. The minimum atomic E-state index is 1.09. The molecule has 0 aliphatic heterocycles. The van der Waals surface area contributed by atoms with Gasteiger partial charge in [0.15, 0.2) is 0 Å². The molecule has 0 aliphatic carbocycles. The highest BCUT2D eigenvalue weighted by Crippen LogP contribution is 2.48. The lowest BCUT2D eigenvalue weighted by atomic mass is 10.0. The Morgan fingerprint density at radius 1 is 0.312 bits per heavy atom. The van der Waals surface area contributed by atoms with Crippen LogP contribution >= 0.6 is 11.3 Å². The van der Waals surface area contributed by atoms with Gasteiger partial charge in [0, 0.05) is 65.3 Å². The molecule has 0 bridgehead atoms. The maximum Gasteiger partial charge on any atom is 0.0640 e. The standard InChI is InChI=1S/C60H39N3S/c1-3-17-40(18-4-1)47-27-15-29-52-53-30-16-34-57(60(53)64-59(47)52)61(43-35-37-44(38-36-43)62-54-31-10-7-23-48(54)49-24-8-11-32-55(49)62)45-22-13-19-41(39-45)46-26-14-28-51-50-25-9-12-33-56(50)63(58(46)51)42-20-5-2-6-21-42/h1-39H. The van der Waals surface area contributed by atoms with Gasteiger partial charge in [-0.2, -0.15) is 0 Å². The van der Waals surface area contributed by atoms with Crippen molar-refractivity contribution in [2.45, 2.75) is 0 Å². The number of nitrogens with zero attached hydrogens (tertiary/aromatic N) is 3. The Labute approximate surface area is 374 Å². The van der Waals surface area contributed by atoms with Crippen molar-refractivity contribution < 1.29 is 0 Å². The molecule has 0 atom stereocenters. The van der Waals surface area contributed by atoms with Crippen LogP contribution in [-0.4, -0.2) is 9.13 Å². The quantitative estimate of drug-likeness (QED) is 0.156. The van der Waals surface area contributed by atoms with Crippen molar-refractivity contribution in [3.63, 3.8) is 0 Å². The third-order valence-electron chi connectivity index (χ3n) is 12.9. The minimum absolute atomic E-state index is 1.09. The highest BCUT2D eigenvalue weighted by molar-refractivity contribution is 7.27. The molecule has 0 saturated carbocycles. The lowest BCUT2D eigenvalue weighted by Crippen LogP contribution is -2.10. The van der Waals surface area contributed by atoms with Crippen LogP contribution in [0.3, 0.4) is 0 Å². The van der Waals surface area contributed by atoms with Crippen LogP contribution in [0.5, 0.6) is 0 Å². The fourth-order valence-corrected chi connectivity index (χ4v) is 11.5. The van der Waals surface area contributed by atoms with Crippen molar-refractivity contribution in [2.24, 2.45) is 0 Å². The van der Waals surface area contributed by atoms with E-state index in [4.69, 9.17) is 0 Å². The number of thiophene rings is 1. The first kappa shape index (κ1) is 36.5. The topological polar surface area (TPSA) is 13.1 Å². The number of benzene rings is 10. The molecule has 0 unspecified atom stereocenters. The predicted molar refractivity (Wildman–Crippen MR) is 274 cm³/mol. The number of rotatable bonds is 7. The van der Waals surface area contributed by atoms with Gasteiger partial charge < -0.3 is 14.0 Å². The van der Waals surface area contributed by atoms with Gasteiger partial charge in [-0.15, -0.1) is 11.3 Å². The van der Waals surface area contributed by atoms with Crippen molar-refractivity contribution in [2.75, 3.05) is 4.90 Å². The zero-order valence-electron chi connectivity index (χ0n) is 34.8. The average molecular weight is 834 g/mol. The Balaban J connectivity index is 1.04. The van der Waals surface area contributed by atoms with Crippen LogP contribution in [0.1, 0.15) is 0 Å². The fourth-order valence-electron chi connectivity index (χ4n) is 10.1. The van der Waals surface area contributed by atoms with E-state index in [1.807, 2.05) is 11.3 Å². The molecule has 13 aromatic rings. The summed E-state index contributed by atoms with van der Waals surface area (Å²) in [5.74, 6) is 0. The van der Waals surface area contributed by atoms with Gasteiger partial charge in [-0.05, 0) is 89.5 Å². The van der Waals surface area contributed by atoms with Crippen molar-refractivity contribution in [1.29, 1.82) is 0 Å². The van der Waals surface area contributed by atoms with E-state index in [9.17, 15) is 0 Å². The van der Waals surface area contributed by atoms with Gasteiger partial charge in [0.05, 0.1) is 32.5 Å². The number of hydrogen-bond donors (Lipinski definition) is 0. The molecule has 13 rings (SSSR count). The van der Waals surface area contributed by atoms with Gasteiger partial charge >= 0.3 is 0 Å². The third-order valence-corrected chi connectivity index (χ3v) is 14.2. The molecule has 300 valence electrons. The summed E-state index contributed by atoms with van der Waals surface area (Å²) in [6.45, 7) is 0. The van der Waals surface area contributed by atoms with Crippen LogP contribution in [0, 0.1) is 0 Å². The second-order valence-corrected chi connectivity index (χ2v) is 17.5. The first-order valence-corrected chi connectivity index (χ1v) is 22.7. The number of para-hydroxylation sites is 5. The largest absolute Gasteiger partial charge is 0.309 e. The Morgan fingerprint density at radius 3 is 1.52 bits per heavy atom. The number of fused-ring (bicyclic) bond motifs is 9. The average Bonchev–Trinajstić information content (AvgIpc) is 4.04. The lowest BCUT2D eigenvalue weighted by Gasteiger charge is -2.27. The van der Waals surface area contributed by atoms with E-state index < -0.39 is 0 Å². The fraction of sp³-hybridized carbons (Fsp3) is 0. The monoisotopic (exact) mass is 833 g/mol. The smallest absolute Gasteiger partial charge is 0.0640 e. The van der Waals surface area contributed by atoms with Gasteiger partial charge in [-0.25, -0.2) is 0 Å². The lowest BCUT2D eigenvalue weighted by molar-refractivity contribution is 1.17.